The molecule has 2 atom stereocenters. The second-order valence-electron chi connectivity index (χ2n) is 5.25. The third-order valence-corrected chi connectivity index (χ3v) is 3.82. The quantitative estimate of drug-likeness (QED) is 0.770. The van der Waals surface area contributed by atoms with Gasteiger partial charge in [0.1, 0.15) is 0 Å². The highest BCUT2D eigenvalue weighted by atomic mass is 16.1. The number of aromatic nitrogens is 2. The molecule has 1 aromatic heterocycles. The van der Waals surface area contributed by atoms with Crippen LogP contribution in [0.2, 0.25) is 0 Å². The summed E-state index contributed by atoms with van der Waals surface area (Å²) in [5, 5.41) is 10.9. The maximum absolute atomic E-state index is 12.3. The molecule has 0 spiro atoms. The third kappa shape index (κ3) is 2.46. The average molecular weight is 258 g/mol. The number of benzene rings is 1. The number of fused-ring (bicyclic) bond motifs is 1. The number of nitrogens with zero attached hydrogens (tertiary/aromatic N) is 1. The van der Waals surface area contributed by atoms with Gasteiger partial charge in [0.2, 0.25) is 5.91 Å². The number of H-pyrrole nitrogens is 1. The van der Waals surface area contributed by atoms with Crippen LogP contribution >= 0.6 is 0 Å². The van der Waals surface area contributed by atoms with Gasteiger partial charge in [-0.3, -0.25) is 9.89 Å². The van der Waals surface area contributed by atoms with E-state index in [1.807, 2.05) is 18.2 Å². The topological polar surface area (TPSA) is 83.8 Å². The molecule has 0 radical (unpaired) electrons. The second kappa shape index (κ2) is 5.01. The van der Waals surface area contributed by atoms with E-state index in [-0.39, 0.29) is 17.9 Å². The van der Waals surface area contributed by atoms with Crippen LogP contribution in [-0.4, -0.2) is 22.1 Å². The fraction of sp³-hybridized carbons (Fsp3) is 0.429. The summed E-state index contributed by atoms with van der Waals surface area (Å²) in [4.78, 5) is 12.3. The number of carbonyl (C=O) groups excluding carboxylic acids is 1. The van der Waals surface area contributed by atoms with Gasteiger partial charge in [0.25, 0.3) is 0 Å². The Morgan fingerprint density at radius 2 is 2.32 bits per heavy atom. The highest BCUT2D eigenvalue weighted by Crippen LogP contribution is 2.26. The Labute approximate surface area is 111 Å². The van der Waals surface area contributed by atoms with Crippen molar-refractivity contribution in [2.24, 2.45) is 11.7 Å². The van der Waals surface area contributed by atoms with Crippen LogP contribution in [0, 0.1) is 5.92 Å². The molecule has 1 aromatic carbocycles. The Morgan fingerprint density at radius 3 is 3.16 bits per heavy atom. The Balaban J connectivity index is 1.77. The molecule has 1 heterocycles. The Hall–Kier alpha value is -1.88. The van der Waals surface area contributed by atoms with Crippen molar-refractivity contribution in [3.8, 4) is 0 Å². The zero-order valence-electron chi connectivity index (χ0n) is 10.7. The van der Waals surface area contributed by atoms with Crippen molar-refractivity contribution in [3.05, 3.63) is 24.4 Å². The molecule has 1 aliphatic carbocycles. The largest absolute Gasteiger partial charge is 0.328 e. The number of amides is 1. The molecule has 0 aliphatic heterocycles. The van der Waals surface area contributed by atoms with E-state index >= 15 is 0 Å². The monoisotopic (exact) mass is 258 g/mol. The van der Waals surface area contributed by atoms with E-state index < -0.39 is 0 Å². The zero-order valence-corrected chi connectivity index (χ0v) is 10.7. The number of anilines is 1. The Morgan fingerprint density at radius 1 is 1.42 bits per heavy atom. The summed E-state index contributed by atoms with van der Waals surface area (Å²) in [7, 11) is 0. The number of aromatic amines is 1. The smallest absolute Gasteiger partial charge is 0.227 e. The summed E-state index contributed by atoms with van der Waals surface area (Å²) in [6.07, 6.45) is 5.53. The van der Waals surface area contributed by atoms with Crippen LogP contribution in [0.1, 0.15) is 25.7 Å². The summed E-state index contributed by atoms with van der Waals surface area (Å²) in [6, 6.07) is 5.93. The minimum absolute atomic E-state index is 0.0296. The molecule has 1 aliphatic rings. The molecule has 1 amide bonds. The highest BCUT2D eigenvalue weighted by Gasteiger charge is 2.25. The number of rotatable bonds is 2. The molecule has 0 saturated heterocycles. The minimum Gasteiger partial charge on any atom is -0.328 e. The first kappa shape index (κ1) is 12.2. The highest BCUT2D eigenvalue weighted by molar-refractivity contribution is 6.00. The van der Waals surface area contributed by atoms with E-state index in [2.05, 4.69) is 15.5 Å². The molecule has 1 fully saturated rings. The lowest BCUT2D eigenvalue weighted by atomic mass is 9.85. The minimum atomic E-state index is 0.0296. The van der Waals surface area contributed by atoms with Gasteiger partial charge in [-0.25, -0.2) is 0 Å². The van der Waals surface area contributed by atoms with E-state index in [1.54, 1.807) is 6.20 Å². The van der Waals surface area contributed by atoms with Crippen molar-refractivity contribution >= 4 is 22.5 Å². The fourth-order valence-electron chi connectivity index (χ4n) is 2.77. The van der Waals surface area contributed by atoms with Crippen molar-refractivity contribution in [2.45, 2.75) is 31.7 Å². The summed E-state index contributed by atoms with van der Waals surface area (Å²) >= 11 is 0. The van der Waals surface area contributed by atoms with Crippen LogP contribution in [0.3, 0.4) is 0 Å². The summed E-state index contributed by atoms with van der Waals surface area (Å²) in [6.45, 7) is 0. The molecule has 0 bridgehead atoms. The number of para-hydroxylation sites is 1. The first-order chi connectivity index (χ1) is 9.24. The van der Waals surface area contributed by atoms with Crippen molar-refractivity contribution in [1.82, 2.24) is 10.2 Å². The first-order valence-corrected chi connectivity index (χ1v) is 6.72. The van der Waals surface area contributed by atoms with E-state index in [0.717, 1.165) is 42.3 Å². The van der Waals surface area contributed by atoms with E-state index in [1.165, 1.54) is 0 Å². The lowest BCUT2D eigenvalue weighted by molar-refractivity contribution is -0.120. The second-order valence-corrected chi connectivity index (χ2v) is 5.25. The molecule has 19 heavy (non-hydrogen) atoms. The average Bonchev–Trinajstić information content (AvgIpc) is 2.88. The van der Waals surface area contributed by atoms with Crippen molar-refractivity contribution < 1.29 is 4.79 Å². The van der Waals surface area contributed by atoms with E-state index in [0.29, 0.717) is 0 Å². The number of nitrogens with one attached hydrogen (secondary N) is 2. The van der Waals surface area contributed by atoms with Gasteiger partial charge in [-0.2, -0.15) is 5.10 Å². The van der Waals surface area contributed by atoms with Crippen LogP contribution in [0.5, 0.6) is 0 Å². The molecule has 5 heteroatoms. The van der Waals surface area contributed by atoms with Gasteiger partial charge in [0.15, 0.2) is 0 Å². The molecular weight excluding hydrogens is 240 g/mol. The number of hydrogen-bond acceptors (Lipinski definition) is 3. The summed E-state index contributed by atoms with van der Waals surface area (Å²) in [5.41, 5.74) is 7.60. The molecule has 1 saturated carbocycles. The van der Waals surface area contributed by atoms with Crippen LogP contribution in [0.15, 0.2) is 24.4 Å². The van der Waals surface area contributed by atoms with Gasteiger partial charge in [0.05, 0.1) is 17.4 Å². The van der Waals surface area contributed by atoms with Crippen LogP contribution in [-0.2, 0) is 4.79 Å². The van der Waals surface area contributed by atoms with Gasteiger partial charge >= 0.3 is 0 Å². The third-order valence-electron chi connectivity index (χ3n) is 3.82. The van der Waals surface area contributed by atoms with E-state index in [4.69, 9.17) is 5.73 Å². The predicted molar refractivity (Wildman–Crippen MR) is 74.7 cm³/mol. The molecule has 100 valence electrons. The van der Waals surface area contributed by atoms with Crippen molar-refractivity contribution in [1.29, 1.82) is 0 Å². The molecule has 2 unspecified atom stereocenters. The van der Waals surface area contributed by atoms with Gasteiger partial charge in [-0.1, -0.05) is 18.6 Å². The normalized spacial score (nSPS) is 23.4. The van der Waals surface area contributed by atoms with Crippen molar-refractivity contribution in [2.75, 3.05) is 5.32 Å². The summed E-state index contributed by atoms with van der Waals surface area (Å²) in [5.74, 6) is 0.0965. The molecular formula is C14H18N4O. The Kier molecular flexibility index (Phi) is 3.21. The molecule has 2 aromatic rings. The number of carbonyl (C=O) groups is 1. The maximum Gasteiger partial charge on any atom is 0.227 e. The SMILES string of the molecule is NC1CCCC(C(=O)Nc2cccc3cn[nH]c23)C1. The van der Waals surface area contributed by atoms with Crippen LogP contribution < -0.4 is 11.1 Å². The lowest BCUT2D eigenvalue weighted by Gasteiger charge is -2.25. The fourth-order valence-corrected chi connectivity index (χ4v) is 2.77. The maximum atomic E-state index is 12.3. The van der Waals surface area contributed by atoms with Crippen LogP contribution in [0.25, 0.3) is 10.9 Å². The van der Waals surface area contributed by atoms with Crippen molar-refractivity contribution in [3.63, 3.8) is 0 Å². The zero-order chi connectivity index (χ0) is 13.2. The lowest BCUT2D eigenvalue weighted by Crippen LogP contribution is -2.34. The van der Waals surface area contributed by atoms with Gasteiger partial charge < -0.3 is 11.1 Å². The van der Waals surface area contributed by atoms with Gasteiger partial charge in [-0.15, -0.1) is 0 Å². The number of nitrogens with two attached hydrogens (primary N) is 1. The predicted octanol–water partition coefficient (Wildman–Crippen LogP) is 2.02. The molecule has 3 rings (SSSR count). The number of hydrogen-bond donors (Lipinski definition) is 3. The first-order valence-electron chi connectivity index (χ1n) is 6.72. The van der Waals surface area contributed by atoms with Gasteiger partial charge in [0, 0.05) is 17.3 Å². The molecule has 4 N–H and O–H groups in total. The van der Waals surface area contributed by atoms with Gasteiger partial charge in [-0.05, 0) is 25.3 Å². The summed E-state index contributed by atoms with van der Waals surface area (Å²) < 4.78 is 0. The van der Waals surface area contributed by atoms with E-state index in [9.17, 15) is 4.79 Å². The Bertz CT molecular complexity index is 592. The standard InChI is InChI=1S/C14H18N4O/c15-11-5-1-3-9(7-11)14(19)17-12-6-2-4-10-8-16-18-13(10)12/h2,4,6,8-9,11H,1,3,5,7,15H2,(H,16,18)(H,17,19). The molecule has 5 nitrogen and oxygen atoms in total. The van der Waals surface area contributed by atoms with Crippen LogP contribution in [0.4, 0.5) is 5.69 Å².